The van der Waals surface area contributed by atoms with Gasteiger partial charge >= 0.3 is 0 Å². The summed E-state index contributed by atoms with van der Waals surface area (Å²) >= 11 is 0. The molecule has 0 radical (unpaired) electrons. The zero-order valence-electron chi connectivity index (χ0n) is 28.4. The number of allylic oxidation sites excluding steroid dienone is 1. The van der Waals surface area contributed by atoms with Gasteiger partial charge in [0.15, 0.2) is 0 Å². The van der Waals surface area contributed by atoms with Gasteiger partial charge in [-0.05, 0) is 34.2 Å². The predicted octanol–water partition coefficient (Wildman–Crippen LogP) is 9.51. The lowest BCUT2D eigenvalue weighted by Crippen LogP contribution is -2.50. The zero-order valence-corrected chi connectivity index (χ0v) is 28.4. The summed E-state index contributed by atoms with van der Waals surface area (Å²) in [6, 6.07) is 51.1. The van der Waals surface area contributed by atoms with Crippen LogP contribution in [0, 0.1) is 0 Å². The molecule has 0 unspecified atom stereocenters. The van der Waals surface area contributed by atoms with Gasteiger partial charge in [0, 0.05) is 0 Å². The molecule has 5 rings (SSSR count). The van der Waals surface area contributed by atoms with Crippen molar-refractivity contribution in [2.45, 2.75) is 70.8 Å². The van der Waals surface area contributed by atoms with Crippen LogP contribution in [0.4, 0.5) is 0 Å². The Morgan fingerprint density at radius 3 is 1.22 bits per heavy atom. The van der Waals surface area contributed by atoms with Gasteiger partial charge in [-0.2, -0.15) is 0 Å². The average Bonchev–Trinajstić information content (AvgIpc) is 3.17. The second kappa shape index (κ2) is 20.9. The Bertz CT molecular complexity index is 1580. The van der Waals surface area contributed by atoms with E-state index in [0.717, 1.165) is 34.2 Å². The van der Waals surface area contributed by atoms with E-state index >= 15 is 0 Å². The molecule has 5 heteroatoms. The molecule has 0 spiro atoms. The van der Waals surface area contributed by atoms with Gasteiger partial charge in [0.05, 0.1) is 39.6 Å². The number of benzene rings is 5. The minimum atomic E-state index is -0.550. The largest absolute Gasteiger partial charge is 0.374 e. The highest BCUT2D eigenvalue weighted by Gasteiger charge is 2.38. The van der Waals surface area contributed by atoms with E-state index < -0.39 is 24.4 Å². The monoisotopic (exact) mass is 656 g/mol. The van der Waals surface area contributed by atoms with Crippen molar-refractivity contribution in [3.8, 4) is 0 Å². The maximum atomic E-state index is 6.90. The van der Waals surface area contributed by atoms with Crippen LogP contribution in [0.5, 0.6) is 0 Å². The van der Waals surface area contributed by atoms with Crippen molar-refractivity contribution in [2.24, 2.45) is 0 Å². The minimum Gasteiger partial charge on any atom is -0.374 e. The van der Waals surface area contributed by atoms with E-state index in [4.69, 9.17) is 23.7 Å². The topological polar surface area (TPSA) is 46.2 Å². The van der Waals surface area contributed by atoms with Gasteiger partial charge in [0.25, 0.3) is 0 Å². The molecule has 0 fully saturated rings. The van der Waals surface area contributed by atoms with E-state index in [1.807, 2.05) is 91.0 Å². The first-order valence-corrected chi connectivity index (χ1v) is 17.2. The summed E-state index contributed by atoms with van der Waals surface area (Å²) in [5.41, 5.74) is 5.38. The third-order valence-electron chi connectivity index (χ3n) is 8.13. The zero-order chi connectivity index (χ0) is 33.8. The van der Waals surface area contributed by atoms with Crippen LogP contribution in [0.15, 0.2) is 164 Å². The lowest BCUT2D eigenvalue weighted by Gasteiger charge is -2.37. The predicted molar refractivity (Wildman–Crippen MR) is 196 cm³/mol. The summed E-state index contributed by atoms with van der Waals surface area (Å²) < 4.78 is 33.6. The molecule has 0 N–H and O–H groups in total. The van der Waals surface area contributed by atoms with Gasteiger partial charge in [-0.25, -0.2) is 0 Å². The van der Waals surface area contributed by atoms with Crippen LogP contribution in [0.2, 0.25) is 0 Å². The Balaban J connectivity index is 1.49. The highest BCUT2D eigenvalue weighted by Crippen LogP contribution is 2.25. The molecule has 5 aromatic carbocycles. The van der Waals surface area contributed by atoms with Gasteiger partial charge in [-0.3, -0.25) is 0 Å². The first-order valence-electron chi connectivity index (χ1n) is 17.2. The molecule has 4 atom stereocenters. The Kier molecular flexibility index (Phi) is 15.3. The van der Waals surface area contributed by atoms with Gasteiger partial charge < -0.3 is 23.7 Å². The highest BCUT2D eigenvalue weighted by molar-refractivity contribution is 5.17. The SMILES string of the molecule is CC/C=C\[C@H](OCc1ccccc1)[C@@H](OCc1ccccc1)[C@H](OCc1ccccc1)[C@@H](COCc1ccccc1)OCc1ccccc1. The molecule has 0 aliphatic rings. The third-order valence-corrected chi connectivity index (χ3v) is 8.13. The molecule has 49 heavy (non-hydrogen) atoms. The maximum absolute atomic E-state index is 6.90. The average molecular weight is 657 g/mol. The molecule has 0 aromatic heterocycles. The fraction of sp³-hybridized carbons (Fsp3) is 0.273. The first-order chi connectivity index (χ1) is 24.3. The Morgan fingerprint density at radius 2 is 0.796 bits per heavy atom. The summed E-state index contributed by atoms with van der Waals surface area (Å²) in [5.74, 6) is 0. The summed E-state index contributed by atoms with van der Waals surface area (Å²) in [4.78, 5) is 0. The third kappa shape index (κ3) is 12.6. The Hall–Kier alpha value is -4.36. The van der Waals surface area contributed by atoms with Gasteiger partial charge in [0.2, 0.25) is 0 Å². The molecule has 5 nitrogen and oxygen atoms in total. The van der Waals surface area contributed by atoms with E-state index in [-0.39, 0.29) is 0 Å². The van der Waals surface area contributed by atoms with E-state index in [9.17, 15) is 0 Å². The molecular weight excluding hydrogens is 608 g/mol. The van der Waals surface area contributed by atoms with E-state index in [0.29, 0.717) is 39.6 Å². The first kappa shape index (κ1) is 35.9. The van der Waals surface area contributed by atoms with Crippen LogP contribution in [0.3, 0.4) is 0 Å². The molecule has 5 aromatic rings. The molecule has 0 heterocycles. The van der Waals surface area contributed by atoms with Crippen molar-refractivity contribution in [3.05, 3.63) is 192 Å². The van der Waals surface area contributed by atoms with Gasteiger partial charge in [-0.1, -0.05) is 171 Å². The number of hydrogen-bond donors (Lipinski definition) is 0. The molecule has 0 aliphatic heterocycles. The Labute approximate surface area is 292 Å². The number of rotatable bonds is 21. The van der Waals surface area contributed by atoms with E-state index in [1.165, 1.54) is 0 Å². The lowest BCUT2D eigenvalue weighted by molar-refractivity contribution is -0.192. The quantitative estimate of drug-likeness (QED) is 0.0737. The summed E-state index contributed by atoms with van der Waals surface area (Å²) in [7, 11) is 0. The van der Waals surface area contributed by atoms with Crippen molar-refractivity contribution in [1.29, 1.82) is 0 Å². The van der Waals surface area contributed by atoms with Gasteiger partial charge in [0.1, 0.15) is 24.4 Å². The summed E-state index contributed by atoms with van der Waals surface area (Å²) in [6.07, 6.45) is 3.11. The van der Waals surface area contributed by atoms with Crippen LogP contribution < -0.4 is 0 Å². The minimum absolute atomic E-state index is 0.301. The van der Waals surface area contributed by atoms with Crippen LogP contribution >= 0.6 is 0 Å². The van der Waals surface area contributed by atoms with Crippen molar-refractivity contribution in [2.75, 3.05) is 6.61 Å². The fourth-order valence-electron chi connectivity index (χ4n) is 5.50. The van der Waals surface area contributed by atoms with Crippen molar-refractivity contribution >= 4 is 0 Å². The van der Waals surface area contributed by atoms with Gasteiger partial charge in [-0.15, -0.1) is 0 Å². The van der Waals surface area contributed by atoms with Crippen LogP contribution in [0.25, 0.3) is 0 Å². The molecule has 254 valence electrons. The smallest absolute Gasteiger partial charge is 0.116 e. The summed E-state index contributed by atoms with van der Waals surface area (Å²) in [6.45, 7) is 4.47. The van der Waals surface area contributed by atoms with E-state index in [1.54, 1.807) is 0 Å². The van der Waals surface area contributed by atoms with Crippen LogP contribution in [-0.2, 0) is 56.7 Å². The molecule has 0 amide bonds. The van der Waals surface area contributed by atoms with Crippen molar-refractivity contribution < 1.29 is 23.7 Å². The summed E-state index contributed by atoms with van der Waals surface area (Å²) in [5, 5.41) is 0. The van der Waals surface area contributed by atoms with Crippen LogP contribution in [-0.4, -0.2) is 31.0 Å². The molecule has 0 saturated carbocycles. The van der Waals surface area contributed by atoms with Crippen molar-refractivity contribution in [3.63, 3.8) is 0 Å². The maximum Gasteiger partial charge on any atom is 0.116 e. The standard InChI is InChI=1S/C44H48O5/c1-2-3-29-41(46-31-37-21-11-5-12-22-37)43(48-33-39-25-15-7-16-26-39)44(49-34-40-27-17-8-18-28-40)42(47-32-38-23-13-6-14-24-38)35-45-30-36-19-9-4-10-20-36/h3-29,41-44H,2,30-35H2,1H3/b29-3-/t41-,42+,43+,44+/m0/s1. The van der Waals surface area contributed by atoms with E-state index in [2.05, 4.69) is 79.7 Å². The molecule has 0 aliphatic carbocycles. The lowest BCUT2D eigenvalue weighted by atomic mass is 10.0. The van der Waals surface area contributed by atoms with Crippen molar-refractivity contribution in [1.82, 2.24) is 0 Å². The number of hydrogen-bond acceptors (Lipinski definition) is 5. The Morgan fingerprint density at radius 1 is 0.429 bits per heavy atom. The second-order valence-electron chi connectivity index (χ2n) is 12.0. The molecule has 0 bridgehead atoms. The van der Waals surface area contributed by atoms with Crippen LogP contribution in [0.1, 0.15) is 41.2 Å². The molecule has 0 saturated heterocycles. The number of ether oxygens (including phenoxy) is 5. The highest BCUT2D eigenvalue weighted by atomic mass is 16.6. The second-order valence-corrected chi connectivity index (χ2v) is 12.0. The normalized spacial score (nSPS) is 14.0. The fourth-order valence-corrected chi connectivity index (χ4v) is 5.50. The molecular formula is C44H48O5.